The highest BCUT2D eigenvalue weighted by atomic mass is 16.4. The topological polar surface area (TPSA) is 57.6 Å². The average molecular weight is 156 g/mol. The normalized spacial score (nSPS) is 23.6. The van der Waals surface area contributed by atoms with E-state index in [9.17, 15) is 9.59 Å². The van der Waals surface area contributed by atoms with Crippen LogP contribution >= 0.6 is 0 Å². The molecule has 0 spiro atoms. The fourth-order valence-electron chi connectivity index (χ4n) is 1.37. The van der Waals surface area contributed by atoms with Gasteiger partial charge in [0.15, 0.2) is 0 Å². The van der Waals surface area contributed by atoms with Gasteiger partial charge in [0.1, 0.15) is 0 Å². The van der Waals surface area contributed by atoms with Gasteiger partial charge in [-0.1, -0.05) is 0 Å². The maximum Gasteiger partial charge on any atom is 0.312 e. The van der Waals surface area contributed by atoms with Crippen LogP contribution in [0.25, 0.3) is 0 Å². The number of carboxylic acid groups (broad SMARTS) is 1. The molecule has 0 aromatic heterocycles. The van der Waals surface area contributed by atoms with Crippen molar-refractivity contribution >= 4 is 12.4 Å². The minimum Gasteiger partial charge on any atom is -0.481 e. The SMILES string of the molecule is O=[C]N1CCCC1CC(=O)O. The number of nitrogens with zero attached hydrogens (tertiary/aromatic N) is 1. The maximum atomic E-state index is 10.3. The van der Waals surface area contributed by atoms with Gasteiger partial charge in [-0.3, -0.25) is 9.59 Å². The van der Waals surface area contributed by atoms with Gasteiger partial charge in [-0.2, -0.15) is 0 Å². The quantitative estimate of drug-likeness (QED) is 0.625. The summed E-state index contributed by atoms with van der Waals surface area (Å²) in [6.45, 7) is 0.654. The Hall–Kier alpha value is -1.06. The number of carbonyl (C=O) groups excluding carboxylic acids is 1. The molecule has 1 rings (SSSR count). The van der Waals surface area contributed by atoms with Crippen LogP contribution in [0.3, 0.4) is 0 Å². The number of carboxylic acids is 1. The van der Waals surface area contributed by atoms with Crippen LogP contribution in [0.4, 0.5) is 0 Å². The third-order valence-corrected chi connectivity index (χ3v) is 1.90. The Balaban J connectivity index is 2.43. The number of likely N-dealkylation sites (tertiary alicyclic amines) is 1. The summed E-state index contributed by atoms with van der Waals surface area (Å²) in [5.74, 6) is -0.850. The number of hydrogen-bond donors (Lipinski definition) is 1. The monoisotopic (exact) mass is 156 g/mol. The first-order chi connectivity index (χ1) is 5.24. The highest BCUT2D eigenvalue weighted by molar-refractivity contribution is 5.68. The Morgan fingerprint density at radius 3 is 3.00 bits per heavy atom. The highest BCUT2D eigenvalue weighted by Crippen LogP contribution is 2.17. The number of aliphatic carboxylic acids is 1. The molecule has 4 heteroatoms. The fraction of sp³-hybridized carbons (Fsp3) is 0.714. The molecular formula is C7H10NO3. The van der Waals surface area contributed by atoms with Crippen molar-refractivity contribution in [1.29, 1.82) is 0 Å². The van der Waals surface area contributed by atoms with Gasteiger partial charge >= 0.3 is 12.4 Å². The third-order valence-electron chi connectivity index (χ3n) is 1.90. The summed E-state index contributed by atoms with van der Waals surface area (Å²) in [5.41, 5.74) is 0. The largest absolute Gasteiger partial charge is 0.481 e. The molecule has 1 radical (unpaired) electrons. The molecule has 1 aliphatic heterocycles. The van der Waals surface area contributed by atoms with E-state index in [4.69, 9.17) is 5.11 Å². The van der Waals surface area contributed by atoms with Gasteiger partial charge < -0.3 is 10.0 Å². The molecule has 1 N–H and O–H groups in total. The molecule has 4 nitrogen and oxygen atoms in total. The molecule has 0 aromatic carbocycles. The lowest BCUT2D eigenvalue weighted by Crippen LogP contribution is -2.29. The van der Waals surface area contributed by atoms with Crippen molar-refractivity contribution in [2.24, 2.45) is 0 Å². The van der Waals surface area contributed by atoms with Crippen LogP contribution in [0, 0.1) is 0 Å². The molecule has 0 aliphatic carbocycles. The zero-order chi connectivity index (χ0) is 8.27. The fourth-order valence-corrected chi connectivity index (χ4v) is 1.37. The van der Waals surface area contributed by atoms with Gasteiger partial charge in [0, 0.05) is 12.6 Å². The zero-order valence-electron chi connectivity index (χ0n) is 6.12. The van der Waals surface area contributed by atoms with E-state index in [0.717, 1.165) is 12.8 Å². The number of carbonyl (C=O) groups is 1. The van der Waals surface area contributed by atoms with Crippen molar-refractivity contribution in [1.82, 2.24) is 4.90 Å². The Morgan fingerprint density at radius 1 is 1.73 bits per heavy atom. The first-order valence-corrected chi connectivity index (χ1v) is 3.60. The maximum absolute atomic E-state index is 10.3. The van der Waals surface area contributed by atoms with E-state index in [0.29, 0.717) is 6.54 Å². The van der Waals surface area contributed by atoms with E-state index in [1.54, 1.807) is 6.41 Å². The second-order valence-electron chi connectivity index (χ2n) is 2.68. The lowest BCUT2D eigenvalue weighted by Gasteiger charge is -2.15. The average Bonchev–Trinajstić information content (AvgIpc) is 2.34. The van der Waals surface area contributed by atoms with E-state index in [1.165, 1.54) is 4.90 Å². The van der Waals surface area contributed by atoms with Crippen molar-refractivity contribution in [2.45, 2.75) is 25.3 Å². The summed E-state index contributed by atoms with van der Waals surface area (Å²) in [4.78, 5) is 21.9. The molecule has 1 atom stereocenters. The molecule has 11 heavy (non-hydrogen) atoms. The van der Waals surface area contributed by atoms with Crippen molar-refractivity contribution in [2.75, 3.05) is 6.54 Å². The van der Waals surface area contributed by atoms with Crippen LogP contribution in [0.5, 0.6) is 0 Å². The van der Waals surface area contributed by atoms with Crippen LogP contribution in [-0.4, -0.2) is 35.0 Å². The number of hydrogen-bond acceptors (Lipinski definition) is 2. The lowest BCUT2D eigenvalue weighted by atomic mass is 10.1. The van der Waals surface area contributed by atoms with E-state index < -0.39 is 5.97 Å². The minimum atomic E-state index is -0.850. The van der Waals surface area contributed by atoms with Gasteiger partial charge in [-0.25, -0.2) is 0 Å². The number of rotatable bonds is 3. The molecule has 1 amide bonds. The minimum absolute atomic E-state index is 0.0508. The second kappa shape index (κ2) is 3.37. The summed E-state index contributed by atoms with van der Waals surface area (Å²) in [6.07, 6.45) is 3.48. The van der Waals surface area contributed by atoms with E-state index in [2.05, 4.69) is 0 Å². The third kappa shape index (κ3) is 1.93. The van der Waals surface area contributed by atoms with Gasteiger partial charge in [0.05, 0.1) is 6.42 Å². The van der Waals surface area contributed by atoms with Crippen molar-refractivity contribution in [3.8, 4) is 0 Å². The van der Waals surface area contributed by atoms with Gasteiger partial charge in [-0.05, 0) is 12.8 Å². The van der Waals surface area contributed by atoms with Crippen LogP contribution in [0.1, 0.15) is 19.3 Å². The predicted octanol–water partition coefficient (Wildman–Crippen LogP) is -0.00730. The predicted molar refractivity (Wildman–Crippen MR) is 37.7 cm³/mol. The summed E-state index contributed by atoms with van der Waals surface area (Å²) in [5, 5.41) is 8.43. The van der Waals surface area contributed by atoms with E-state index in [-0.39, 0.29) is 12.5 Å². The molecule has 0 bridgehead atoms. The Morgan fingerprint density at radius 2 is 2.45 bits per heavy atom. The molecule has 1 heterocycles. The Labute approximate surface area is 64.8 Å². The molecule has 0 saturated carbocycles. The first kappa shape index (κ1) is 8.04. The summed E-state index contributed by atoms with van der Waals surface area (Å²) >= 11 is 0. The van der Waals surface area contributed by atoms with Crippen molar-refractivity contribution in [3.63, 3.8) is 0 Å². The Bertz CT molecular complexity index is 169. The zero-order valence-corrected chi connectivity index (χ0v) is 6.12. The van der Waals surface area contributed by atoms with Crippen LogP contribution in [0.2, 0.25) is 0 Å². The molecule has 1 unspecified atom stereocenters. The molecule has 1 aliphatic rings. The molecular weight excluding hydrogens is 146 g/mol. The van der Waals surface area contributed by atoms with Crippen LogP contribution in [0.15, 0.2) is 0 Å². The molecule has 1 saturated heterocycles. The summed E-state index contributed by atoms with van der Waals surface area (Å²) in [7, 11) is 0. The number of amides is 1. The van der Waals surface area contributed by atoms with E-state index in [1.807, 2.05) is 0 Å². The second-order valence-corrected chi connectivity index (χ2v) is 2.68. The van der Waals surface area contributed by atoms with Crippen LogP contribution < -0.4 is 0 Å². The van der Waals surface area contributed by atoms with Crippen molar-refractivity contribution in [3.05, 3.63) is 0 Å². The first-order valence-electron chi connectivity index (χ1n) is 3.60. The summed E-state index contributed by atoms with van der Waals surface area (Å²) in [6, 6.07) is -0.120. The highest BCUT2D eigenvalue weighted by Gasteiger charge is 2.25. The van der Waals surface area contributed by atoms with Gasteiger partial charge in [-0.15, -0.1) is 0 Å². The van der Waals surface area contributed by atoms with E-state index >= 15 is 0 Å². The lowest BCUT2D eigenvalue weighted by molar-refractivity contribution is -0.137. The molecule has 61 valence electrons. The molecule has 0 aromatic rings. The standard InChI is InChI=1S/C7H10NO3/c9-5-8-3-1-2-6(8)4-7(10)11/h6H,1-4H2,(H,10,11). The van der Waals surface area contributed by atoms with Gasteiger partial charge in [0.2, 0.25) is 0 Å². The van der Waals surface area contributed by atoms with Gasteiger partial charge in [0.25, 0.3) is 0 Å². The van der Waals surface area contributed by atoms with Crippen molar-refractivity contribution < 1.29 is 14.7 Å². The van der Waals surface area contributed by atoms with Crippen LogP contribution in [-0.2, 0) is 9.59 Å². The summed E-state index contributed by atoms with van der Waals surface area (Å²) < 4.78 is 0. The smallest absolute Gasteiger partial charge is 0.312 e. The Kier molecular flexibility index (Phi) is 2.46. The molecule has 1 fully saturated rings.